The standard InChI is InChI=1S/C14H14O.C7H12O4.C2H6O2/c1-3-7-13(8-4-1)11-15-12-14-9-5-2-6-10-14;1-5(11-7(3)9)4-10-6(2)8;3-1-2-4/h1-10H,11-12H2;5H,4H2,1-3H3;3-4H,1-2H2. The molecule has 1 unspecified atom stereocenters. The minimum Gasteiger partial charge on any atom is -0.462 e. The largest absolute Gasteiger partial charge is 0.462 e. The summed E-state index contributed by atoms with van der Waals surface area (Å²) in [6.45, 7) is 5.50. The summed E-state index contributed by atoms with van der Waals surface area (Å²) in [5.74, 6) is -0.742. The molecule has 0 radical (unpaired) electrons. The van der Waals surface area contributed by atoms with Gasteiger partial charge in [-0.1, -0.05) is 60.7 Å². The molecule has 0 fully saturated rings. The molecule has 0 amide bonds. The topological polar surface area (TPSA) is 102 Å². The van der Waals surface area contributed by atoms with Crippen LogP contribution in [0.25, 0.3) is 0 Å². The van der Waals surface area contributed by atoms with E-state index >= 15 is 0 Å². The Morgan fingerprint density at radius 2 is 1.23 bits per heavy atom. The van der Waals surface area contributed by atoms with Crippen LogP contribution in [0.3, 0.4) is 0 Å². The van der Waals surface area contributed by atoms with E-state index in [4.69, 9.17) is 14.9 Å². The molecule has 0 aromatic heterocycles. The van der Waals surface area contributed by atoms with Crippen molar-refractivity contribution in [3.05, 3.63) is 71.8 Å². The van der Waals surface area contributed by atoms with Crippen molar-refractivity contribution in [2.75, 3.05) is 19.8 Å². The molecule has 30 heavy (non-hydrogen) atoms. The molecule has 0 aliphatic carbocycles. The molecule has 7 heteroatoms. The number of aliphatic hydroxyl groups is 2. The summed E-state index contributed by atoms with van der Waals surface area (Å²) < 4.78 is 14.9. The fraction of sp³-hybridized carbons (Fsp3) is 0.391. The van der Waals surface area contributed by atoms with Crippen molar-refractivity contribution in [1.82, 2.24) is 0 Å². The van der Waals surface area contributed by atoms with E-state index in [2.05, 4.69) is 33.7 Å². The van der Waals surface area contributed by atoms with Gasteiger partial charge in [-0.3, -0.25) is 9.59 Å². The lowest BCUT2D eigenvalue weighted by Crippen LogP contribution is -2.19. The fourth-order valence-corrected chi connectivity index (χ4v) is 1.99. The first-order valence-corrected chi connectivity index (χ1v) is 9.56. The number of rotatable bonds is 8. The Morgan fingerprint density at radius 1 is 0.800 bits per heavy atom. The highest BCUT2D eigenvalue weighted by Gasteiger charge is 2.06. The fourth-order valence-electron chi connectivity index (χ4n) is 1.99. The van der Waals surface area contributed by atoms with E-state index in [0.717, 1.165) is 0 Å². The number of carbonyl (C=O) groups is 2. The van der Waals surface area contributed by atoms with Gasteiger partial charge in [0, 0.05) is 13.8 Å². The summed E-state index contributed by atoms with van der Waals surface area (Å²) in [4.78, 5) is 20.6. The van der Waals surface area contributed by atoms with Gasteiger partial charge in [-0.25, -0.2) is 0 Å². The van der Waals surface area contributed by atoms with Crippen molar-refractivity contribution >= 4 is 11.9 Å². The van der Waals surface area contributed by atoms with Crippen LogP contribution in [0.1, 0.15) is 31.9 Å². The smallest absolute Gasteiger partial charge is 0.303 e. The van der Waals surface area contributed by atoms with Crippen LogP contribution in [0.2, 0.25) is 0 Å². The van der Waals surface area contributed by atoms with Crippen molar-refractivity contribution in [3.63, 3.8) is 0 Å². The maximum absolute atomic E-state index is 10.3. The van der Waals surface area contributed by atoms with Gasteiger partial charge in [0.25, 0.3) is 0 Å². The molecule has 2 rings (SSSR count). The van der Waals surface area contributed by atoms with Gasteiger partial charge in [-0.2, -0.15) is 0 Å². The van der Waals surface area contributed by atoms with Crippen molar-refractivity contribution in [2.45, 2.75) is 40.1 Å². The molecule has 0 heterocycles. The predicted molar refractivity (Wildman–Crippen MR) is 113 cm³/mol. The van der Waals surface area contributed by atoms with Crippen LogP contribution >= 0.6 is 0 Å². The number of ether oxygens (including phenoxy) is 3. The van der Waals surface area contributed by atoms with E-state index in [0.29, 0.717) is 13.2 Å². The van der Waals surface area contributed by atoms with E-state index in [1.165, 1.54) is 25.0 Å². The average molecular weight is 421 g/mol. The predicted octanol–water partition coefficient (Wildman–Crippen LogP) is 2.88. The number of hydrogen-bond acceptors (Lipinski definition) is 7. The van der Waals surface area contributed by atoms with Gasteiger partial charge in [-0.15, -0.1) is 0 Å². The normalized spacial score (nSPS) is 10.4. The maximum Gasteiger partial charge on any atom is 0.303 e. The Kier molecular flexibility index (Phi) is 16.6. The quantitative estimate of drug-likeness (QED) is 0.633. The summed E-state index contributed by atoms with van der Waals surface area (Å²) in [6.07, 6.45) is -0.364. The third-order valence-electron chi connectivity index (χ3n) is 3.21. The van der Waals surface area contributed by atoms with Crippen LogP contribution in [0, 0.1) is 0 Å². The van der Waals surface area contributed by atoms with Gasteiger partial charge in [0.05, 0.1) is 26.4 Å². The second-order valence-electron chi connectivity index (χ2n) is 6.13. The van der Waals surface area contributed by atoms with Crippen molar-refractivity contribution in [2.24, 2.45) is 0 Å². The van der Waals surface area contributed by atoms with Gasteiger partial charge in [0.2, 0.25) is 0 Å². The van der Waals surface area contributed by atoms with E-state index in [1.807, 2.05) is 36.4 Å². The van der Waals surface area contributed by atoms with E-state index in [9.17, 15) is 9.59 Å². The lowest BCUT2D eigenvalue weighted by Gasteiger charge is -2.10. The van der Waals surface area contributed by atoms with Gasteiger partial charge < -0.3 is 24.4 Å². The Bertz CT molecular complexity index is 633. The highest BCUT2D eigenvalue weighted by atomic mass is 16.6. The molecular weight excluding hydrogens is 388 g/mol. The molecule has 0 saturated heterocycles. The monoisotopic (exact) mass is 420 g/mol. The van der Waals surface area contributed by atoms with Gasteiger partial charge in [0.1, 0.15) is 12.7 Å². The molecule has 2 aromatic carbocycles. The summed E-state index contributed by atoms with van der Waals surface area (Å²) in [7, 11) is 0. The molecule has 1 atom stereocenters. The Morgan fingerprint density at radius 3 is 1.57 bits per heavy atom. The van der Waals surface area contributed by atoms with Gasteiger partial charge >= 0.3 is 11.9 Å². The van der Waals surface area contributed by atoms with Gasteiger partial charge in [0.15, 0.2) is 0 Å². The average Bonchev–Trinajstić information content (AvgIpc) is 2.74. The Hall–Kier alpha value is -2.74. The molecule has 0 saturated carbocycles. The second kappa shape index (κ2) is 18.3. The first-order chi connectivity index (χ1) is 14.4. The summed E-state index contributed by atoms with van der Waals surface area (Å²) in [6, 6.07) is 20.4. The van der Waals surface area contributed by atoms with E-state index < -0.39 is 0 Å². The number of hydrogen-bond donors (Lipinski definition) is 2. The van der Waals surface area contributed by atoms with Crippen LogP contribution in [0.5, 0.6) is 0 Å². The number of carbonyl (C=O) groups excluding carboxylic acids is 2. The zero-order valence-corrected chi connectivity index (χ0v) is 17.8. The van der Waals surface area contributed by atoms with Crippen molar-refractivity contribution in [3.8, 4) is 0 Å². The first-order valence-electron chi connectivity index (χ1n) is 9.56. The number of benzene rings is 2. The Labute approximate surface area is 178 Å². The first kappa shape index (κ1) is 27.3. The third kappa shape index (κ3) is 17.4. The van der Waals surface area contributed by atoms with Crippen LogP contribution in [0.4, 0.5) is 0 Å². The number of esters is 2. The second-order valence-corrected chi connectivity index (χ2v) is 6.13. The molecular formula is C23H32O7. The molecule has 0 spiro atoms. The Balaban J connectivity index is 0.000000495. The zero-order valence-electron chi connectivity index (χ0n) is 17.8. The summed E-state index contributed by atoms with van der Waals surface area (Å²) in [5, 5.41) is 15.2. The van der Waals surface area contributed by atoms with Crippen LogP contribution in [-0.4, -0.2) is 48.1 Å². The highest BCUT2D eigenvalue weighted by Crippen LogP contribution is 2.05. The molecule has 166 valence electrons. The minimum absolute atomic E-state index is 0.120. The van der Waals surface area contributed by atoms with E-state index in [-0.39, 0.29) is 37.9 Å². The molecule has 0 aliphatic rings. The SMILES string of the molecule is CC(=O)OCC(C)OC(C)=O.OCCO.c1ccc(COCc2ccccc2)cc1. The molecule has 2 N–H and O–H groups in total. The molecule has 7 nitrogen and oxygen atoms in total. The number of aliphatic hydroxyl groups excluding tert-OH is 2. The lowest BCUT2D eigenvalue weighted by atomic mass is 10.2. The molecule has 0 bridgehead atoms. The highest BCUT2D eigenvalue weighted by molar-refractivity contribution is 5.67. The van der Waals surface area contributed by atoms with Crippen molar-refractivity contribution in [1.29, 1.82) is 0 Å². The summed E-state index contributed by atoms with van der Waals surface area (Å²) >= 11 is 0. The zero-order chi connectivity index (χ0) is 22.6. The van der Waals surface area contributed by atoms with Gasteiger partial charge in [-0.05, 0) is 18.1 Å². The minimum atomic E-state index is -0.371. The molecule has 2 aromatic rings. The van der Waals surface area contributed by atoms with Crippen molar-refractivity contribution < 1.29 is 34.0 Å². The third-order valence-corrected chi connectivity index (χ3v) is 3.21. The van der Waals surface area contributed by atoms with Crippen LogP contribution < -0.4 is 0 Å². The van der Waals surface area contributed by atoms with E-state index in [1.54, 1.807) is 6.92 Å². The van der Waals surface area contributed by atoms with Crippen LogP contribution in [0.15, 0.2) is 60.7 Å². The van der Waals surface area contributed by atoms with Crippen LogP contribution in [-0.2, 0) is 37.0 Å². The molecule has 0 aliphatic heterocycles. The maximum atomic E-state index is 10.3. The summed E-state index contributed by atoms with van der Waals surface area (Å²) in [5.41, 5.74) is 2.43. The lowest BCUT2D eigenvalue weighted by molar-refractivity contribution is -0.155.